The van der Waals surface area contributed by atoms with Gasteiger partial charge in [-0.15, -0.1) is 0 Å². The van der Waals surface area contributed by atoms with Gasteiger partial charge in [0.25, 0.3) is 0 Å². The normalized spacial score (nSPS) is 23.1. The lowest BCUT2D eigenvalue weighted by Crippen LogP contribution is -2.72. The Kier molecular flexibility index (Phi) is 6.01. The Bertz CT molecular complexity index is 938. The smallest absolute Gasteiger partial charge is 0.249 e. The third kappa shape index (κ3) is 3.95. The monoisotopic (exact) mass is 431 g/mol. The Morgan fingerprint density at radius 2 is 1.50 bits per heavy atom. The van der Waals surface area contributed by atoms with Crippen LogP contribution in [0.15, 0.2) is 60.7 Å². The highest BCUT2D eigenvalue weighted by atomic mass is 16.2. The average Bonchev–Trinajstić information content (AvgIpc) is 3.33. The van der Waals surface area contributed by atoms with Crippen LogP contribution in [0.5, 0.6) is 0 Å². The first-order valence-corrected chi connectivity index (χ1v) is 12.1. The van der Waals surface area contributed by atoms with Crippen LogP contribution in [-0.4, -0.2) is 64.3 Å². The molecular weight excluding hydrogens is 398 g/mol. The lowest BCUT2D eigenvalue weighted by molar-refractivity contribution is -0.173. The number of piperazine rings is 1. The lowest BCUT2D eigenvalue weighted by atomic mass is 9.80. The molecule has 3 aliphatic heterocycles. The van der Waals surface area contributed by atoms with E-state index in [1.165, 1.54) is 5.56 Å². The van der Waals surface area contributed by atoms with Gasteiger partial charge in [0.15, 0.2) is 0 Å². The van der Waals surface area contributed by atoms with E-state index in [1.807, 2.05) is 28.0 Å². The summed E-state index contributed by atoms with van der Waals surface area (Å²) in [5, 5.41) is 0. The van der Waals surface area contributed by atoms with Crippen LogP contribution in [0.3, 0.4) is 0 Å². The fraction of sp³-hybridized carbons (Fsp3) is 0.481. The fourth-order valence-corrected chi connectivity index (χ4v) is 5.82. The number of rotatable bonds is 6. The third-order valence-electron chi connectivity index (χ3n) is 7.63. The summed E-state index contributed by atoms with van der Waals surface area (Å²) >= 11 is 0. The van der Waals surface area contributed by atoms with E-state index in [1.54, 1.807) is 0 Å². The molecule has 0 aliphatic carbocycles. The number of fused-ring (bicyclic) bond motifs is 1. The van der Waals surface area contributed by atoms with Crippen LogP contribution in [0.25, 0.3) is 0 Å². The van der Waals surface area contributed by atoms with Crippen LogP contribution >= 0.6 is 0 Å². The summed E-state index contributed by atoms with van der Waals surface area (Å²) in [6.07, 6.45) is 5.40. The molecule has 2 amide bonds. The molecule has 32 heavy (non-hydrogen) atoms. The molecule has 0 bridgehead atoms. The maximum absolute atomic E-state index is 13.7. The summed E-state index contributed by atoms with van der Waals surface area (Å²) in [7, 11) is 0. The predicted molar refractivity (Wildman–Crippen MR) is 125 cm³/mol. The molecule has 0 radical (unpaired) electrons. The summed E-state index contributed by atoms with van der Waals surface area (Å²) in [6, 6.07) is 20.5. The minimum Gasteiger partial charge on any atom is -0.329 e. The number of benzene rings is 2. The Morgan fingerprint density at radius 1 is 0.844 bits per heavy atom. The van der Waals surface area contributed by atoms with Gasteiger partial charge in [0.05, 0.1) is 0 Å². The number of amides is 2. The van der Waals surface area contributed by atoms with E-state index < -0.39 is 5.54 Å². The van der Waals surface area contributed by atoms with Crippen molar-refractivity contribution in [3.63, 3.8) is 0 Å². The van der Waals surface area contributed by atoms with Crippen LogP contribution in [0.2, 0.25) is 0 Å². The van der Waals surface area contributed by atoms with Crippen molar-refractivity contribution in [1.82, 2.24) is 14.7 Å². The molecule has 3 saturated heterocycles. The van der Waals surface area contributed by atoms with Gasteiger partial charge in [-0.05, 0) is 56.2 Å². The van der Waals surface area contributed by atoms with Crippen molar-refractivity contribution in [3.05, 3.63) is 71.8 Å². The first-order valence-electron chi connectivity index (χ1n) is 12.1. The number of hydrogen-bond acceptors (Lipinski definition) is 3. The van der Waals surface area contributed by atoms with Crippen molar-refractivity contribution in [3.8, 4) is 0 Å². The molecule has 5 rings (SSSR count). The molecule has 2 aromatic rings. The zero-order valence-electron chi connectivity index (χ0n) is 18.8. The number of hydrogen-bond donors (Lipinski definition) is 0. The van der Waals surface area contributed by atoms with Gasteiger partial charge in [0.2, 0.25) is 11.8 Å². The van der Waals surface area contributed by atoms with Crippen molar-refractivity contribution in [2.24, 2.45) is 0 Å². The SMILES string of the molecule is O=C1C2CCCN2C(=O)C2(CCN(CCCc3ccccc3)CC2)N1Cc1ccccc1. The van der Waals surface area contributed by atoms with Crippen LogP contribution in [0.1, 0.15) is 43.2 Å². The van der Waals surface area contributed by atoms with Crippen LogP contribution < -0.4 is 0 Å². The minimum absolute atomic E-state index is 0.156. The molecule has 1 unspecified atom stereocenters. The van der Waals surface area contributed by atoms with Crippen molar-refractivity contribution in [2.45, 2.75) is 56.7 Å². The molecule has 168 valence electrons. The number of piperidine rings is 1. The number of likely N-dealkylation sites (tertiary alicyclic amines) is 1. The fourth-order valence-electron chi connectivity index (χ4n) is 5.82. The Hall–Kier alpha value is -2.66. The highest BCUT2D eigenvalue weighted by Gasteiger charge is 2.57. The molecule has 1 spiro atoms. The molecule has 1 atom stereocenters. The quantitative estimate of drug-likeness (QED) is 0.703. The molecule has 3 heterocycles. The molecule has 5 heteroatoms. The van der Waals surface area contributed by atoms with Gasteiger partial charge in [-0.2, -0.15) is 0 Å². The molecule has 0 saturated carbocycles. The zero-order valence-corrected chi connectivity index (χ0v) is 18.8. The molecule has 0 N–H and O–H groups in total. The minimum atomic E-state index is -0.677. The van der Waals surface area contributed by atoms with Crippen LogP contribution in [0.4, 0.5) is 0 Å². The van der Waals surface area contributed by atoms with Gasteiger partial charge in [-0.3, -0.25) is 9.59 Å². The van der Waals surface area contributed by atoms with Crippen molar-refractivity contribution in [1.29, 1.82) is 0 Å². The molecule has 5 nitrogen and oxygen atoms in total. The summed E-state index contributed by atoms with van der Waals surface area (Å²) in [5.41, 5.74) is 1.80. The average molecular weight is 432 g/mol. The second kappa shape index (κ2) is 9.07. The van der Waals surface area contributed by atoms with E-state index in [0.717, 1.165) is 70.3 Å². The van der Waals surface area contributed by atoms with Crippen LogP contribution in [-0.2, 0) is 22.6 Å². The number of carbonyl (C=O) groups excluding carboxylic acids is 2. The highest BCUT2D eigenvalue weighted by Crippen LogP contribution is 2.40. The van der Waals surface area contributed by atoms with Crippen molar-refractivity contribution in [2.75, 3.05) is 26.2 Å². The zero-order chi connectivity index (χ0) is 22.0. The summed E-state index contributed by atoms with van der Waals surface area (Å²) in [5.74, 6) is 0.350. The summed E-state index contributed by atoms with van der Waals surface area (Å²) in [4.78, 5) is 33.6. The lowest BCUT2D eigenvalue weighted by Gasteiger charge is -2.53. The number of aryl methyl sites for hydroxylation is 1. The Balaban J connectivity index is 1.29. The second-order valence-corrected chi connectivity index (χ2v) is 9.53. The first kappa shape index (κ1) is 21.2. The Morgan fingerprint density at radius 3 is 2.19 bits per heavy atom. The van der Waals surface area contributed by atoms with Crippen LogP contribution in [0, 0.1) is 0 Å². The van der Waals surface area contributed by atoms with E-state index in [-0.39, 0.29) is 17.9 Å². The van der Waals surface area contributed by atoms with Crippen molar-refractivity contribution >= 4 is 11.8 Å². The van der Waals surface area contributed by atoms with Crippen molar-refractivity contribution < 1.29 is 9.59 Å². The number of carbonyl (C=O) groups is 2. The Labute approximate surface area is 191 Å². The van der Waals surface area contributed by atoms with E-state index in [9.17, 15) is 9.59 Å². The molecular formula is C27H33N3O2. The largest absolute Gasteiger partial charge is 0.329 e. The van der Waals surface area contributed by atoms with E-state index in [2.05, 4.69) is 47.4 Å². The molecule has 2 aromatic carbocycles. The first-order chi connectivity index (χ1) is 15.7. The van der Waals surface area contributed by atoms with E-state index in [4.69, 9.17) is 0 Å². The van der Waals surface area contributed by atoms with E-state index in [0.29, 0.717) is 6.54 Å². The maximum Gasteiger partial charge on any atom is 0.249 e. The molecule has 0 aromatic heterocycles. The molecule has 3 aliphatic rings. The van der Waals surface area contributed by atoms with Gasteiger partial charge in [0.1, 0.15) is 11.6 Å². The van der Waals surface area contributed by atoms with Gasteiger partial charge >= 0.3 is 0 Å². The standard InChI is InChI=1S/C27H33N3O2/c31-25-24-14-8-18-29(24)26(32)27(30(25)21-23-11-5-2-6-12-23)15-19-28(20-16-27)17-7-13-22-9-3-1-4-10-22/h1-6,9-12,24H,7-8,13-21H2. The van der Waals surface area contributed by atoms with Gasteiger partial charge in [-0.1, -0.05) is 60.7 Å². The second-order valence-electron chi connectivity index (χ2n) is 9.53. The number of nitrogens with zero attached hydrogens (tertiary/aromatic N) is 3. The summed E-state index contributed by atoms with van der Waals surface area (Å²) < 4.78 is 0. The topological polar surface area (TPSA) is 43.9 Å². The molecule has 3 fully saturated rings. The van der Waals surface area contributed by atoms with Gasteiger partial charge in [-0.25, -0.2) is 0 Å². The maximum atomic E-state index is 13.7. The highest BCUT2D eigenvalue weighted by molar-refractivity contribution is 6.00. The summed E-state index contributed by atoms with van der Waals surface area (Å²) in [6.45, 7) is 4.05. The third-order valence-corrected chi connectivity index (χ3v) is 7.63. The van der Waals surface area contributed by atoms with Gasteiger partial charge < -0.3 is 14.7 Å². The predicted octanol–water partition coefficient (Wildman–Crippen LogP) is 3.49. The van der Waals surface area contributed by atoms with E-state index >= 15 is 0 Å². The van der Waals surface area contributed by atoms with Gasteiger partial charge in [0, 0.05) is 26.2 Å².